The molecule has 1 aliphatic carbocycles. The van der Waals surface area contributed by atoms with E-state index in [0.717, 1.165) is 37.7 Å². The lowest BCUT2D eigenvalue weighted by Gasteiger charge is -2.38. The Morgan fingerprint density at radius 3 is 2.12 bits per heavy atom. The average molecular weight is 445 g/mol. The molecule has 4 atom stereocenters. The highest BCUT2D eigenvalue weighted by Gasteiger charge is 2.59. The van der Waals surface area contributed by atoms with E-state index in [0.29, 0.717) is 0 Å². The Labute approximate surface area is 192 Å². The fourth-order valence-electron chi connectivity index (χ4n) is 5.41. The van der Waals surface area contributed by atoms with Crippen LogP contribution in [0.3, 0.4) is 0 Å². The van der Waals surface area contributed by atoms with Gasteiger partial charge in [-0.05, 0) is 53.0 Å². The Morgan fingerprint density at radius 2 is 1.59 bits per heavy atom. The molecule has 2 N–H and O–H groups in total. The highest BCUT2D eigenvalue weighted by Crippen LogP contribution is 2.47. The Bertz CT molecular complexity index is 796. The zero-order valence-corrected chi connectivity index (χ0v) is 20.5. The minimum absolute atomic E-state index is 0.0132. The second kappa shape index (κ2) is 9.52. The summed E-state index contributed by atoms with van der Waals surface area (Å²) in [5.74, 6) is -0.901. The molecule has 3 rings (SSSR count). The fraction of sp³-hybridized carbons (Fsp3) is 0.692. The van der Waals surface area contributed by atoms with E-state index in [9.17, 15) is 9.59 Å². The molecule has 1 saturated heterocycles. The van der Waals surface area contributed by atoms with E-state index >= 15 is 0 Å². The first kappa shape index (κ1) is 24.7. The van der Waals surface area contributed by atoms with Crippen LogP contribution in [0, 0.1) is 11.8 Å². The Kier molecular flexibility index (Phi) is 7.35. The minimum atomic E-state index is -0.807. The number of esters is 1. The zero-order valence-electron chi connectivity index (χ0n) is 20.5. The first-order valence-corrected chi connectivity index (χ1v) is 11.9. The molecule has 2 fully saturated rings. The van der Waals surface area contributed by atoms with Gasteiger partial charge in [-0.1, -0.05) is 49.6 Å². The third kappa shape index (κ3) is 5.01. The van der Waals surface area contributed by atoms with Gasteiger partial charge in [-0.2, -0.15) is 0 Å². The van der Waals surface area contributed by atoms with Gasteiger partial charge in [-0.15, -0.1) is 0 Å². The lowest BCUT2D eigenvalue weighted by Crippen LogP contribution is -2.54. The van der Waals surface area contributed by atoms with Gasteiger partial charge < -0.3 is 20.1 Å². The Hall–Kier alpha value is -1.92. The van der Waals surface area contributed by atoms with Crippen molar-refractivity contribution in [2.45, 2.75) is 96.1 Å². The van der Waals surface area contributed by atoms with Crippen LogP contribution in [-0.4, -0.2) is 47.2 Å². The van der Waals surface area contributed by atoms with E-state index < -0.39 is 41.2 Å². The van der Waals surface area contributed by atoms with Crippen molar-refractivity contribution in [2.75, 3.05) is 7.11 Å². The van der Waals surface area contributed by atoms with Gasteiger partial charge in [0, 0.05) is 25.0 Å². The summed E-state index contributed by atoms with van der Waals surface area (Å²) in [5.41, 5.74) is 6.42. The fourth-order valence-corrected chi connectivity index (χ4v) is 5.41. The molecule has 0 bridgehead atoms. The predicted octanol–water partition coefficient (Wildman–Crippen LogP) is 4.23. The number of nitrogens with zero attached hydrogens (tertiary/aromatic N) is 1. The number of carbonyl (C=O) groups is 2. The van der Waals surface area contributed by atoms with E-state index in [-0.39, 0.29) is 11.8 Å². The molecule has 0 unspecified atom stereocenters. The maximum Gasteiger partial charge on any atom is 0.329 e. The Balaban J connectivity index is 2.13. The highest BCUT2D eigenvalue weighted by atomic mass is 16.6. The van der Waals surface area contributed by atoms with Crippen molar-refractivity contribution >= 4 is 11.9 Å². The zero-order chi connectivity index (χ0) is 23.7. The smallest absolute Gasteiger partial charge is 0.329 e. The van der Waals surface area contributed by atoms with Crippen molar-refractivity contribution in [2.24, 2.45) is 17.6 Å². The highest BCUT2D eigenvalue weighted by molar-refractivity contribution is 5.88. The van der Waals surface area contributed by atoms with Crippen LogP contribution in [0.4, 0.5) is 0 Å². The molecule has 0 spiro atoms. The maximum atomic E-state index is 14.0. The number of hydrogen-bond acceptors (Lipinski definition) is 5. The van der Waals surface area contributed by atoms with Crippen LogP contribution in [-0.2, 0) is 19.1 Å². The number of rotatable bonds is 5. The van der Waals surface area contributed by atoms with Crippen molar-refractivity contribution < 1.29 is 19.1 Å². The van der Waals surface area contributed by atoms with Gasteiger partial charge in [0.25, 0.3) is 0 Å². The standard InChI is InChI=1S/C26H40N2O4/c1-25(2,3)32-24(30)22-19(26(4,5)31-6)20(27)21(17-13-9-7-10-14-17)28(22)23(29)18-15-11-8-12-16-18/h7,9-10,13-14,18-22H,8,11-12,15-16,27H2,1-6H3/t19-,20-,21-,22-/m0/s1. The third-order valence-corrected chi connectivity index (χ3v) is 7.05. The van der Waals surface area contributed by atoms with E-state index in [1.54, 1.807) is 12.0 Å². The van der Waals surface area contributed by atoms with Gasteiger partial charge in [0.2, 0.25) is 5.91 Å². The average Bonchev–Trinajstić information content (AvgIpc) is 3.07. The molecule has 1 saturated carbocycles. The van der Waals surface area contributed by atoms with Gasteiger partial charge in [0.05, 0.1) is 11.6 Å². The molecule has 178 valence electrons. The second-order valence-electron chi connectivity index (χ2n) is 10.8. The van der Waals surface area contributed by atoms with E-state index in [2.05, 4.69) is 0 Å². The number of nitrogens with two attached hydrogens (primary N) is 1. The van der Waals surface area contributed by atoms with Crippen LogP contribution in [0.15, 0.2) is 30.3 Å². The summed E-state index contributed by atoms with van der Waals surface area (Å²) >= 11 is 0. The van der Waals surface area contributed by atoms with E-state index in [1.807, 2.05) is 65.0 Å². The quantitative estimate of drug-likeness (QED) is 0.688. The molecule has 6 nitrogen and oxygen atoms in total. The molecule has 1 aliphatic heterocycles. The van der Waals surface area contributed by atoms with E-state index in [4.69, 9.17) is 15.2 Å². The number of ether oxygens (including phenoxy) is 2. The van der Waals surface area contributed by atoms with Gasteiger partial charge >= 0.3 is 5.97 Å². The van der Waals surface area contributed by atoms with Crippen LogP contribution in [0.25, 0.3) is 0 Å². The monoisotopic (exact) mass is 444 g/mol. The van der Waals surface area contributed by atoms with Crippen molar-refractivity contribution in [3.05, 3.63) is 35.9 Å². The SMILES string of the molecule is COC(C)(C)[C@H]1[C@H](N)[C@H](c2ccccc2)N(C(=O)C2CCCCC2)[C@@H]1C(=O)OC(C)(C)C. The topological polar surface area (TPSA) is 81.9 Å². The first-order chi connectivity index (χ1) is 15.0. The van der Waals surface area contributed by atoms with Gasteiger partial charge in [0.1, 0.15) is 11.6 Å². The summed E-state index contributed by atoms with van der Waals surface area (Å²) in [6.45, 7) is 9.41. The van der Waals surface area contributed by atoms with Crippen molar-refractivity contribution in [3.63, 3.8) is 0 Å². The number of benzene rings is 1. The number of likely N-dealkylation sites (tertiary alicyclic amines) is 1. The normalized spacial score (nSPS) is 27.4. The largest absolute Gasteiger partial charge is 0.458 e. The van der Waals surface area contributed by atoms with Gasteiger partial charge in [0.15, 0.2) is 0 Å². The molecular weight excluding hydrogens is 404 g/mol. The summed E-state index contributed by atoms with van der Waals surface area (Å²) in [4.78, 5) is 29.4. The summed E-state index contributed by atoms with van der Waals surface area (Å²) in [6, 6.07) is 8.11. The number of carbonyl (C=O) groups excluding carboxylic acids is 2. The maximum absolute atomic E-state index is 14.0. The summed E-state index contributed by atoms with van der Waals surface area (Å²) < 4.78 is 11.7. The lowest BCUT2D eigenvalue weighted by molar-refractivity contribution is -0.170. The van der Waals surface area contributed by atoms with Crippen LogP contribution in [0.5, 0.6) is 0 Å². The predicted molar refractivity (Wildman–Crippen MR) is 125 cm³/mol. The number of hydrogen-bond donors (Lipinski definition) is 1. The van der Waals surface area contributed by atoms with Gasteiger partial charge in [-0.3, -0.25) is 4.79 Å². The molecule has 2 aliphatic rings. The van der Waals surface area contributed by atoms with Crippen LogP contribution >= 0.6 is 0 Å². The Morgan fingerprint density at radius 1 is 1.00 bits per heavy atom. The van der Waals surface area contributed by atoms with Crippen molar-refractivity contribution in [1.29, 1.82) is 0 Å². The van der Waals surface area contributed by atoms with Crippen molar-refractivity contribution in [3.8, 4) is 0 Å². The molecule has 6 heteroatoms. The molecule has 1 heterocycles. The van der Waals surface area contributed by atoms with Crippen LogP contribution in [0.2, 0.25) is 0 Å². The molecule has 1 aromatic rings. The van der Waals surface area contributed by atoms with E-state index in [1.165, 1.54) is 0 Å². The molecular formula is C26H40N2O4. The lowest BCUT2D eigenvalue weighted by atomic mass is 9.79. The van der Waals surface area contributed by atoms with Crippen molar-refractivity contribution in [1.82, 2.24) is 4.90 Å². The second-order valence-corrected chi connectivity index (χ2v) is 10.8. The summed E-state index contributed by atoms with van der Waals surface area (Å²) in [5, 5.41) is 0. The molecule has 32 heavy (non-hydrogen) atoms. The summed E-state index contributed by atoms with van der Waals surface area (Å²) in [6.07, 6.45) is 4.93. The molecule has 1 amide bonds. The number of amides is 1. The van der Waals surface area contributed by atoms with Crippen LogP contribution in [0.1, 0.15) is 78.3 Å². The van der Waals surface area contributed by atoms with Gasteiger partial charge in [-0.25, -0.2) is 4.79 Å². The summed E-state index contributed by atoms with van der Waals surface area (Å²) in [7, 11) is 1.63. The molecule has 1 aromatic carbocycles. The molecule has 0 aromatic heterocycles. The third-order valence-electron chi connectivity index (χ3n) is 7.05. The first-order valence-electron chi connectivity index (χ1n) is 11.9. The number of methoxy groups -OCH3 is 1. The minimum Gasteiger partial charge on any atom is -0.458 e. The molecule has 0 radical (unpaired) electrons. The van der Waals surface area contributed by atoms with Crippen LogP contribution < -0.4 is 5.73 Å².